The molecule has 1 aromatic carbocycles. The van der Waals surface area contributed by atoms with Gasteiger partial charge in [0.25, 0.3) is 5.69 Å². The van der Waals surface area contributed by atoms with E-state index < -0.39 is 22.4 Å². The summed E-state index contributed by atoms with van der Waals surface area (Å²) in [6.45, 7) is 1.47. The van der Waals surface area contributed by atoms with Crippen molar-refractivity contribution in [1.29, 1.82) is 0 Å². The van der Waals surface area contributed by atoms with E-state index in [1.54, 1.807) is 0 Å². The van der Waals surface area contributed by atoms with Crippen LogP contribution in [0.5, 0.6) is 11.6 Å². The summed E-state index contributed by atoms with van der Waals surface area (Å²) in [7, 11) is 0. The Labute approximate surface area is 117 Å². The molecule has 0 spiro atoms. The molecule has 0 bridgehead atoms. The number of aryl methyl sites for hydroxylation is 1. The van der Waals surface area contributed by atoms with Crippen LogP contribution in [0.3, 0.4) is 0 Å². The lowest BCUT2D eigenvalue weighted by atomic mass is 10.2. The number of non-ortho nitro benzene ring substituents is 1. The molecule has 0 saturated carbocycles. The van der Waals surface area contributed by atoms with Crippen LogP contribution in [-0.2, 0) is 0 Å². The van der Waals surface area contributed by atoms with E-state index in [-0.39, 0.29) is 22.9 Å². The zero-order chi connectivity index (χ0) is 15.6. The summed E-state index contributed by atoms with van der Waals surface area (Å²) in [4.78, 5) is 24.5. The average molecular weight is 292 g/mol. The zero-order valence-corrected chi connectivity index (χ0v) is 10.7. The van der Waals surface area contributed by atoms with Crippen LogP contribution >= 0.6 is 0 Å². The number of hydrogen-bond donors (Lipinski definition) is 1. The Morgan fingerprint density at radius 1 is 1.38 bits per heavy atom. The number of carboxylic acid groups (broad SMARTS) is 1. The maximum atomic E-state index is 13.7. The summed E-state index contributed by atoms with van der Waals surface area (Å²) in [5, 5.41) is 19.4. The van der Waals surface area contributed by atoms with E-state index in [9.17, 15) is 19.3 Å². The first-order chi connectivity index (χ1) is 9.88. The van der Waals surface area contributed by atoms with Crippen molar-refractivity contribution in [3.05, 3.63) is 57.5 Å². The average Bonchev–Trinajstić information content (AvgIpc) is 2.40. The van der Waals surface area contributed by atoms with Gasteiger partial charge in [0.15, 0.2) is 11.6 Å². The van der Waals surface area contributed by atoms with Gasteiger partial charge in [-0.2, -0.15) is 0 Å². The lowest BCUT2D eigenvalue weighted by Gasteiger charge is -2.07. The van der Waals surface area contributed by atoms with Crippen molar-refractivity contribution < 1.29 is 24.0 Å². The molecule has 1 aromatic heterocycles. The van der Waals surface area contributed by atoms with Gasteiger partial charge in [-0.05, 0) is 19.1 Å². The minimum absolute atomic E-state index is 0.00604. The van der Waals surface area contributed by atoms with Gasteiger partial charge in [0, 0.05) is 12.1 Å². The first-order valence-corrected chi connectivity index (χ1v) is 5.71. The summed E-state index contributed by atoms with van der Waals surface area (Å²) >= 11 is 0. The number of nitrogens with zero attached hydrogens (tertiary/aromatic N) is 2. The fourth-order valence-electron chi connectivity index (χ4n) is 1.62. The van der Waals surface area contributed by atoms with Crippen LogP contribution in [-0.4, -0.2) is 21.0 Å². The number of hydrogen-bond acceptors (Lipinski definition) is 5. The van der Waals surface area contributed by atoms with Gasteiger partial charge in [0.1, 0.15) is 0 Å². The topological polar surface area (TPSA) is 103 Å². The van der Waals surface area contributed by atoms with Gasteiger partial charge < -0.3 is 9.84 Å². The number of benzene rings is 1. The number of aromatic nitrogens is 1. The molecular weight excluding hydrogens is 283 g/mol. The van der Waals surface area contributed by atoms with Gasteiger partial charge in [0.2, 0.25) is 5.88 Å². The third-order valence-corrected chi connectivity index (χ3v) is 2.63. The number of carbonyl (C=O) groups is 1. The molecule has 0 unspecified atom stereocenters. The Morgan fingerprint density at radius 2 is 2.10 bits per heavy atom. The Hall–Kier alpha value is -3.03. The van der Waals surface area contributed by atoms with Gasteiger partial charge in [-0.1, -0.05) is 0 Å². The van der Waals surface area contributed by atoms with Crippen LogP contribution in [0.1, 0.15) is 16.1 Å². The predicted octanol–water partition coefficient (Wildman–Crippen LogP) is 2.93. The molecule has 0 amide bonds. The largest absolute Gasteiger partial charge is 0.478 e. The molecule has 0 fully saturated rings. The molecular formula is C13H9FN2O5. The van der Waals surface area contributed by atoms with Crippen LogP contribution in [0.15, 0.2) is 30.3 Å². The molecule has 7 nitrogen and oxygen atoms in total. The highest BCUT2D eigenvalue weighted by molar-refractivity contribution is 5.88. The van der Waals surface area contributed by atoms with E-state index in [0.717, 1.165) is 18.2 Å². The van der Waals surface area contributed by atoms with E-state index in [2.05, 4.69) is 4.98 Å². The molecule has 0 aliphatic carbocycles. The Kier molecular flexibility index (Phi) is 3.79. The maximum Gasteiger partial charge on any atom is 0.337 e. The maximum absolute atomic E-state index is 13.7. The van der Waals surface area contributed by atoms with Crippen molar-refractivity contribution >= 4 is 11.7 Å². The molecule has 2 rings (SSSR count). The van der Waals surface area contributed by atoms with Gasteiger partial charge in [-0.3, -0.25) is 10.1 Å². The van der Waals surface area contributed by atoms with E-state index in [0.29, 0.717) is 0 Å². The molecule has 2 aromatic rings. The standard InChI is InChI=1S/C13H9FN2O5/c1-7-9(13(17)18)3-5-12(15-7)21-11-4-2-8(16(19)20)6-10(11)14/h2-6H,1H3,(H,17,18). The van der Waals surface area contributed by atoms with Crippen LogP contribution in [0.2, 0.25) is 0 Å². The molecule has 8 heteroatoms. The number of nitro benzene ring substituents is 1. The highest BCUT2D eigenvalue weighted by Gasteiger charge is 2.14. The number of pyridine rings is 1. The number of rotatable bonds is 4. The number of aromatic carboxylic acids is 1. The summed E-state index contributed by atoms with van der Waals surface area (Å²) in [6, 6.07) is 5.49. The SMILES string of the molecule is Cc1nc(Oc2ccc([N+](=O)[O-])cc2F)ccc1C(=O)O. The van der Waals surface area contributed by atoms with Crippen molar-refractivity contribution in [1.82, 2.24) is 4.98 Å². The fraction of sp³-hybridized carbons (Fsp3) is 0.0769. The van der Waals surface area contributed by atoms with Crippen LogP contribution in [0.25, 0.3) is 0 Å². The molecule has 0 aliphatic rings. The summed E-state index contributed by atoms with van der Waals surface area (Å²) in [6.07, 6.45) is 0. The summed E-state index contributed by atoms with van der Waals surface area (Å²) in [5.41, 5.74) is -0.181. The number of halogens is 1. The number of nitro groups is 1. The van der Waals surface area contributed by atoms with Crippen LogP contribution < -0.4 is 4.74 Å². The summed E-state index contributed by atoms with van der Waals surface area (Å²) < 4.78 is 18.8. The van der Waals surface area contributed by atoms with Crippen molar-refractivity contribution in [2.24, 2.45) is 0 Å². The Bertz CT molecular complexity index is 732. The second-order valence-corrected chi connectivity index (χ2v) is 4.06. The number of ether oxygens (including phenoxy) is 1. The molecule has 1 N–H and O–H groups in total. The second-order valence-electron chi connectivity index (χ2n) is 4.06. The van der Waals surface area contributed by atoms with E-state index in [4.69, 9.17) is 9.84 Å². The molecule has 0 saturated heterocycles. The minimum atomic E-state index is -1.13. The van der Waals surface area contributed by atoms with Crippen molar-refractivity contribution in [2.45, 2.75) is 6.92 Å². The van der Waals surface area contributed by atoms with Gasteiger partial charge in [-0.15, -0.1) is 0 Å². The van der Waals surface area contributed by atoms with Crippen molar-refractivity contribution in [3.63, 3.8) is 0 Å². The smallest absolute Gasteiger partial charge is 0.337 e. The first kappa shape index (κ1) is 14.4. The Balaban J connectivity index is 2.28. The number of carboxylic acids is 1. The molecule has 1 heterocycles. The normalized spacial score (nSPS) is 10.2. The zero-order valence-electron chi connectivity index (χ0n) is 10.7. The second kappa shape index (κ2) is 5.53. The van der Waals surface area contributed by atoms with Gasteiger partial charge >= 0.3 is 5.97 Å². The molecule has 21 heavy (non-hydrogen) atoms. The van der Waals surface area contributed by atoms with Crippen LogP contribution in [0.4, 0.5) is 10.1 Å². The van der Waals surface area contributed by atoms with Crippen molar-refractivity contribution in [3.8, 4) is 11.6 Å². The molecule has 0 radical (unpaired) electrons. The van der Waals surface area contributed by atoms with Crippen LogP contribution in [0, 0.1) is 22.9 Å². The van der Waals surface area contributed by atoms with E-state index in [1.807, 2.05) is 0 Å². The fourth-order valence-corrected chi connectivity index (χ4v) is 1.62. The lowest BCUT2D eigenvalue weighted by Crippen LogP contribution is -2.02. The predicted molar refractivity (Wildman–Crippen MR) is 69.1 cm³/mol. The third kappa shape index (κ3) is 3.11. The monoisotopic (exact) mass is 292 g/mol. The summed E-state index contributed by atoms with van der Waals surface area (Å²) in [5.74, 6) is -2.29. The minimum Gasteiger partial charge on any atom is -0.478 e. The highest BCUT2D eigenvalue weighted by Crippen LogP contribution is 2.27. The molecule has 0 atom stereocenters. The molecule has 0 aliphatic heterocycles. The third-order valence-electron chi connectivity index (χ3n) is 2.63. The first-order valence-electron chi connectivity index (χ1n) is 5.71. The quantitative estimate of drug-likeness (QED) is 0.686. The highest BCUT2D eigenvalue weighted by atomic mass is 19.1. The lowest BCUT2D eigenvalue weighted by molar-refractivity contribution is -0.385. The Morgan fingerprint density at radius 3 is 2.62 bits per heavy atom. The molecule has 108 valence electrons. The van der Waals surface area contributed by atoms with Gasteiger partial charge in [0.05, 0.1) is 22.2 Å². The van der Waals surface area contributed by atoms with E-state index >= 15 is 0 Å². The van der Waals surface area contributed by atoms with Crippen molar-refractivity contribution in [2.75, 3.05) is 0 Å². The van der Waals surface area contributed by atoms with Gasteiger partial charge in [-0.25, -0.2) is 14.2 Å². The van der Waals surface area contributed by atoms with E-state index in [1.165, 1.54) is 19.1 Å².